The molecule has 1 fully saturated rings. The highest BCUT2D eigenvalue weighted by molar-refractivity contribution is 8.26. The molecule has 0 unspecified atom stereocenters. The first kappa shape index (κ1) is 19.5. The maximum Gasteiger partial charge on any atom is 0.263 e. The molecule has 0 aromatic heterocycles. The van der Waals surface area contributed by atoms with E-state index < -0.39 is 0 Å². The van der Waals surface area contributed by atoms with Gasteiger partial charge >= 0.3 is 0 Å². The number of thioether (sulfide) groups is 1. The van der Waals surface area contributed by atoms with Gasteiger partial charge in [0.25, 0.3) is 5.91 Å². The molecular formula is C23H19NO3S2. The second-order valence-corrected chi connectivity index (χ2v) is 8.18. The molecule has 4 nitrogen and oxygen atoms in total. The van der Waals surface area contributed by atoms with Gasteiger partial charge in [0.15, 0.2) is 11.5 Å². The smallest absolute Gasteiger partial charge is 0.263 e. The number of hydrogen-bond acceptors (Lipinski definition) is 5. The Morgan fingerprint density at radius 1 is 1.00 bits per heavy atom. The zero-order valence-electron chi connectivity index (χ0n) is 15.8. The first-order valence-corrected chi connectivity index (χ1v) is 10.5. The third kappa shape index (κ3) is 4.60. The van der Waals surface area contributed by atoms with Crippen LogP contribution in [-0.2, 0) is 11.4 Å². The molecule has 0 spiro atoms. The fourth-order valence-electron chi connectivity index (χ4n) is 3.06. The van der Waals surface area contributed by atoms with E-state index in [9.17, 15) is 4.79 Å². The first-order valence-electron chi connectivity index (χ1n) is 9.24. The summed E-state index contributed by atoms with van der Waals surface area (Å²) in [6.45, 7) is 2.89. The minimum Gasteiger partial charge on any atom is -0.490 e. The van der Waals surface area contributed by atoms with Crippen molar-refractivity contribution in [3.63, 3.8) is 0 Å². The van der Waals surface area contributed by atoms with E-state index in [4.69, 9.17) is 21.7 Å². The normalized spacial score (nSPS) is 15.0. The van der Waals surface area contributed by atoms with Gasteiger partial charge < -0.3 is 14.8 Å². The van der Waals surface area contributed by atoms with Gasteiger partial charge in [-0.05, 0) is 53.1 Å². The van der Waals surface area contributed by atoms with E-state index in [0.717, 1.165) is 11.1 Å². The Balaban J connectivity index is 1.54. The highest BCUT2D eigenvalue weighted by Crippen LogP contribution is 2.32. The van der Waals surface area contributed by atoms with Crippen molar-refractivity contribution in [1.82, 2.24) is 5.32 Å². The Labute approximate surface area is 178 Å². The summed E-state index contributed by atoms with van der Waals surface area (Å²) < 4.78 is 12.3. The van der Waals surface area contributed by atoms with Gasteiger partial charge in [-0.1, -0.05) is 66.4 Å². The molecule has 0 atom stereocenters. The molecule has 1 saturated heterocycles. The molecule has 1 amide bonds. The minimum atomic E-state index is -0.172. The highest BCUT2D eigenvalue weighted by Gasteiger charge is 2.22. The van der Waals surface area contributed by atoms with Crippen molar-refractivity contribution in [3.8, 4) is 11.5 Å². The predicted octanol–water partition coefficient (Wildman–Crippen LogP) is 5.31. The van der Waals surface area contributed by atoms with Crippen LogP contribution in [0.2, 0.25) is 0 Å². The van der Waals surface area contributed by atoms with Crippen LogP contribution in [0.25, 0.3) is 16.8 Å². The summed E-state index contributed by atoms with van der Waals surface area (Å²) in [4.78, 5) is 12.4. The van der Waals surface area contributed by atoms with Crippen molar-refractivity contribution in [1.29, 1.82) is 0 Å². The molecule has 1 N–H and O–H groups in total. The van der Waals surface area contributed by atoms with E-state index >= 15 is 0 Å². The number of thiocarbonyl (C=S) groups is 1. The summed E-state index contributed by atoms with van der Waals surface area (Å²) in [6, 6.07) is 20.2. The van der Waals surface area contributed by atoms with Crippen LogP contribution in [0.15, 0.2) is 65.6 Å². The quantitative estimate of drug-likeness (QED) is 0.432. The summed E-state index contributed by atoms with van der Waals surface area (Å²) in [6.07, 6.45) is 1.80. The summed E-state index contributed by atoms with van der Waals surface area (Å²) in [7, 11) is 0. The monoisotopic (exact) mass is 421 g/mol. The Hall–Kier alpha value is -2.83. The third-order valence-corrected chi connectivity index (χ3v) is 5.58. The van der Waals surface area contributed by atoms with Crippen molar-refractivity contribution in [2.45, 2.75) is 13.5 Å². The Bertz CT molecular complexity index is 1120. The van der Waals surface area contributed by atoms with E-state index in [-0.39, 0.29) is 5.91 Å². The van der Waals surface area contributed by atoms with Crippen LogP contribution >= 0.6 is 24.0 Å². The topological polar surface area (TPSA) is 47.6 Å². The van der Waals surface area contributed by atoms with Gasteiger partial charge in [-0.3, -0.25) is 4.79 Å². The maximum absolute atomic E-state index is 11.9. The van der Waals surface area contributed by atoms with Crippen molar-refractivity contribution in [2.75, 3.05) is 6.61 Å². The number of fused-ring (bicyclic) bond motifs is 1. The first-order chi connectivity index (χ1) is 14.1. The lowest BCUT2D eigenvalue weighted by Gasteiger charge is -2.13. The molecule has 0 aliphatic carbocycles. The lowest BCUT2D eigenvalue weighted by atomic mass is 10.1. The number of nitrogens with one attached hydrogen (secondary N) is 1. The molecule has 0 bridgehead atoms. The number of ether oxygens (including phenoxy) is 2. The standard InChI is InChI=1S/C23H19NO3S2/c1-2-26-20-12-15(13-21-22(25)24-23(28)29-21)8-10-19(20)27-14-16-7-9-17-5-3-4-6-18(17)11-16/h3-13H,2,14H2,1H3,(H,24,25,28)/b21-13+. The fourth-order valence-corrected chi connectivity index (χ4v) is 4.11. The molecule has 1 aliphatic heterocycles. The van der Waals surface area contributed by atoms with Gasteiger partial charge in [0.2, 0.25) is 0 Å². The average Bonchev–Trinajstić information content (AvgIpc) is 3.04. The summed E-state index contributed by atoms with van der Waals surface area (Å²) in [5.74, 6) is 1.14. The zero-order valence-corrected chi connectivity index (χ0v) is 17.4. The number of hydrogen-bond donors (Lipinski definition) is 1. The Morgan fingerprint density at radius 3 is 2.59 bits per heavy atom. The lowest BCUT2D eigenvalue weighted by molar-refractivity contribution is -0.115. The molecule has 4 rings (SSSR count). The van der Waals surface area contributed by atoms with Crippen molar-refractivity contribution in [2.24, 2.45) is 0 Å². The van der Waals surface area contributed by atoms with Crippen LogP contribution in [-0.4, -0.2) is 16.8 Å². The number of amides is 1. The molecule has 3 aromatic carbocycles. The van der Waals surface area contributed by atoms with Gasteiger partial charge in [-0.15, -0.1) is 0 Å². The third-order valence-electron chi connectivity index (χ3n) is 4.42. The van der Waals surface area contributed by atoms with Crippen LogP contribution in [0.4, 0.5) is 0 Å². The SMILES string of the molecule is CCOc1cc(/C=C2/SC(=S)NC2=O)ccc1OCc1ccc2ccccc2c1. The van der Waals surface area contributed by atoms with Crippen molar-refractivity contribution in [3.05, 3.63) is 76.7 Å². The Kier molecular flexibility index (Phi) is 5.83. The summed E-state index contributed by atoms with van der Waals surface area (Å²) in [5, 5.41) is 5.01. The highest BCUT2D eigenvalue weighted by atomic mass is 32.2. The lowest BCUT2D eigenvalue weighted by Crippen LogP contribution is -2.17. The van der Waals surface area contributed by atoms with Crippen LogP contribution in [0, 0.1) is 0 Å². The van der Waals surface area contributed by atoms with E-state index in [1.165, 1.54) is 22.5 Å². The molecular weight excluding hydrogens is 402 g/mol. The van der Waals surface area contributed by atoms with E-state index in [1.807, 2.05) is 37.3 Å². The summed E-state index contributed by atoms with van der Waals surface area (Å²) >= 11 is 6.29. The van der Waals surface area contributed by atoms with Crippen LogP contribution < -0.4 is 14.8 Å². The number of carbonyl (C=O) groups excluding carboxylic acids is 1. The number of rotatable bonds is 6. The second-order valence-electron chi connectivity index (χ2n) is 6.46. The van der Waals surface area contributed by atoms with Crippen molar-refractivity contribution < 1.29 is 14.3 Å². The van der Waals surface area contributed by atoms with Crippen LogP contribution in [0.1, 0.15) is 18.1 Å². The molecule has 146 valence electrons. The maximum atomic E-state index is 11.9. The molecule has 29 heavy (non-hydrogen) atoms. The molecule has 1 heterocycles. The largest absolute Gasteiger partial charge is 0.490 e. The predicted molar refractivity (Wildman–Crippen MR) is 122 cm³/mol. The van der Waals surface area contributed by atoms with E-state index in [2.05, 4.69) is 35.6 Å². The number of carbonyl (C=O) groups is 1. The van der Waals surface area contributed by atoms with Gasteiger partial charge in [-0.2, -0.15) is 0 Å². The molecule has 0 saturated carbocycles. The van der Waals surface area contributed by atoms with Gasteiger partial charge in [0.1, 0.15) is 10.9 Å². The summed E-state index contributed by atoms with van der Waals surface area (Å²) in [5.41, 5.74) is 1.94. The average molecular weight is 422 g/mol. The minimum absolute atomic E-state index is 0.172. The second kappa shape index (κ2) is 8.68. The molecule has 0 radical (unpaired) electrons. The zero-order chi connectivity index (χ0) is 20.2. The van der Waals surface area contributed by atoms with E-state index in [1.54, 1.807) is 6.08 Å². The number of benzene rings is 3. The fraction of sp³-hybridized carbons (Fsp3) is 0.130. The molecule has 1 aliphatic rings. The van der Waals surface area contributed by atoms with E-state index in [0.29, 0.717) is 33.9 Å². The van der Waals surface area contributed by atoms with Gasteiger partial charge in [0, 0.05) is 0 Å². The van der Waals surface area contributed by atoms with Crippen LogP contribution in [0.3, 0.4) is 0 Å². The van der Waals surface area contributed by atoms with Crippen LogP contribution in [0.5, 0.6) is 11.5 Å². The van der Waals surface area contributed by atoms with Gasteiger partial charge in [0.05, 0.1) is 11.5 Å². The van der Waals surface area contributed by atoms with Crippen molar-refractivity contribution >= 4 is 51.1 Å². The molecule has 6 heteroatoms. The Morgan fingerprint density at radius 2 is 1.83 bits per heavy atom. The van der Waals surface area contributed by atoms with Gasteiger partial charge in [-0.25, -0.2) is 0 Å². The molecule has 3 aromatic rings.